The van der Waals surface area contributed by atoms with Crippen molar-refractivity contribution in [1.29, 1.82) is 0 Å². The smallest absolute Gasteiger partial charge is 0.387 e. The van der Waals surface area contributed by atoms with Crippen LogP contribution in [-0.4, -0.2) is 27.8 Å². The van der Waals surface area contributed by atoms with Crippen molar-refractivity contribution < 1.29 is 18.3 Å². The molecule has 9 heteroatoms. The molecule has 0 aliphatic rings. The van der Waals surface area contributed by atoms with Crippen molar-refractivity contribution in [2.24, 2.45) is 0 Å². The summed E-state index contributed by atoms with van der Waals surface area (Å²) in [5.41, 5.74) is 1.24. The van der Waals surface area contributed by atoms with Gasteiger partial charge in [0, 0.05) is 13.1 Å². The Morgan fingerprint density at radius 2 is 1.93 bits per heavy atom. The number of amides is 1. The van der Waals surface area contributed by atoms with E-state index >= 15 is 0 Å². The molecule has 0 radical (unpaired) electrons. The van der Waals surface area contributed by atoms with Gasteiger partial charge in [-0.15, -0.1) is 0 Å². The first kappa shape index (κ1) is 21.8. The lowest BCUT2D eigenvalue weighted by Gasteiger charge is -2.12. The molecule has 0 unspecified atom stereocenters. The van der Waals surface area contributed by atoms with Gasteiger partial charge in [-0.05, 0) is 36.2 Å². The molecule has 0 aliphatic heterocycles. The van der Waals surface area contributed by atoms with Gasteiger partial charge in [0.25, 0.3) is 5.56 Å². The van der Waals surface area contributed by atoms with E-state index in [1.807, 2.05) is 13.0 Å². The average molecular weight is 433 g/mol. The third-order valence-electron chi connectivity index (χ3n) is 4.24. The van der Waals surface area contributed by atoms with E-state index in [2.05, 4.69) is 15.0 Å². The summed E-state index contributed by atoms with van der Waals surface area (Å²) in [4.78, 5) is 29.5. The molecule has 0 aliphatic carbocycles. The molecule has 158 valence electrons. The number of carbonyl (C=O) groups excluding carboxylic acids is 1. The van der Waals surface area contributed by atoms with Crippen molar-refractivity contribution in [1.82, 2.24) is 14.9 Å². The highest BCUT2D eigenvalue weighted by atomic mass is 32.2. The summed E-state index contributed by atoms with van der Waals surface area (Å²) in [6, 6.07) is 13.2. The topological polar surface area (TPSA) is 73.2 Å². The Balaban J connectivity index is 1.62. The minimum Gasteiger partial charge on any atom is -0.435 e. The zero-order chi connectivity index (χ0) is 21.5. The van der Waals surface area contributed by atoms with Crippen LogP contribution in [0.15, 0.2) is 58.5 Å². The van der Waals surface area contributed by atoms with Crippen LogP contribution in [-0.2, 0) is 17.9 Å². The number of aromatic nitrogens is 2. The molecule has 0 saturated heterocycles. The van der Waals surface area contributed by atoms with E-state index in [0.717, 1.165) is 12.0 Å². The Kier molecular flexibility index (Phi) is 7.40. The molecule has 6 nitrogen and oxygen atoms in total. The van der Waals surface area contributed by atoms with Crippen molar-refractivity contribution >= 4 is 28.6 Å². The van der Waals surface area contributed by atoms with E-state index in [4.69, 9.17) is 0 Å². The molecular formula is C21H21F2N3O3S. The number of nitrogens with zero attached hydrogens (tertiary/aromatic N) is 2. The van der Waals surface area contributed by atoms with Crippen LogP contribution in [0.4, 0.5) is 8.78 Å². The predicted molar refractivity (Wildman–Crippen MR) is 112 cm³/mol. The zero-order valence-electron chi connectivity index (χ0n) is 16.3. The molecule has 0 atom stereocenters. The monoisotopic (exact) mass is 433 g/mol. The lowest BCUT2D eigenvalue weighted by molar-refractivity contribution is -0.118. The normalized spacial score (nSPS) is 11.1. The highest BCUT2D eigenvalue weighted by Gasteiger charge is 2.13. The molecule has 0 spiro atoms. The number of benzene rings is 2. The predicted octanol–water partition coefficient (Wildman–Crippen LogP) is 3.82. The second-order valence-corrected chi connectivity index (χ2v) is 7.40. The molecule has 3 rings (SSSR count). The molecular weight excluding hydrogens is 412 g/mol. The molecule has 0 fully saturated rings. The quantitative estimate of drug-likeness (QED) is 0.410. The van der Waals surface area contributed by atoms with Crippen LogP contribution >= 0.6 is 11.8 Å². The molecule has 1 amide bonds. The van der Waals surface area contributed by atoms with Gasteiger partial charge in [0.15, 0.2) is 5.16 Å². The average Bonchev–Trinajstić information content (AvgIpc) is 2.73. The van der Waals surface area contributed by atoms with Crippen molar-refractivity contribution in [3.05, 3.63) is 64.4 Å². The molecule has 3 aromatic rings. The molecule has 1 heterocycles. The van der Waals surface area contributed by atoms with E-state index < -0.39 is 6.61 Å². The van der Waals surface area contributed by atoms with E-state index in [-0.39, 0.29) is 29.5 Å². The summed E-state index contributed by atoms with van der Waals surface area (Å²) >= 11 is 1.20. The third-order valence-corrected chi connectivity index (χ3v) is 5.22. The molecule has 2 aromatic carbocycles. The van der Waals surface area contributed by atoms with Crippen LogP contribution in [0.1, 0.15) is 18.9 Å². The summed E-state index contributed by atoms with van der Waals surface area (Å²) in [6.45, 7) is -0.128. The second kappa shape index (κ2) is 10.2. The number of ether oxygens (including phenoxy) is 1. The lowest BCUT2D eigenvalue weighted by atomic mass is 10.2. The molecule has 0 bridgehead atoms. The van der Waals surface area contributed by atoms with E-state index in [0.29, 0.717) is 22.6 Å². The number of nitrogens with one attached hydrogen (secondary N) is 1. The Bertz CT molecular complexity index is 1070. The van der Waals surface area contributed by atoms with Crippen LogP contribution in [0.3, 0.4) is 0 Å². The Hall–Kier alpha value is -2.94. The van der Waals surface area contributed by atoms with Gasteiger partial charge < -0.3 is 10.1 Å². The highest BCUT2D eigenvalue weighted by molar-refractivity contribution is 7.99. The van der Waals surface area contributed by atoms with Gasteiger partial charge in [0.05, 0.1) is 16.7 Å². The fourth-order valence-corrected chi connectivity index (χ4v) is 3.70. The summed E-state index contributed by atoms with van der Waals surface area (Å²) in [5.74, 6) is -0.0635. The minimum atomic E-state index is -2.87. The van der Waals surface area contributed by atoms with Crippen molar-refractivity contribution in [2.45, 2.75) is 38.2 Å². The van der Waals surface area contributed by atoms with E-state index in [9.17, 15) is 18.4 Å². The van der Waals surface area contributed by atoms with Crippen LogP contribution in [0, 0.1) is 0 Å². The Morgan fingerprint density at radius 3 is 2.63 bits per heavy atom. The number of halogens is 2. The SMILES string of the molecule is CCCn1c(SCC(=O)NCc2ccc(OC(F)F)cc2)nc2ccccc2c1=O. The van der Waals surface area contributed by atoms with Gasteiger partial charge in [0.1, 0.15) is 5.75 Å². The zero-order valence-corrected chi connectivity index (χ0v) is 17.1. The summed E-state index contributed by atoms with van der Waals surface area (Å²) in [5, 5.41) is 3.83. The first-order valence-corrected chi connectivity index (χ1v) is 10.4. The number of alkyl halides is 2. The van der Waals surface area contributed by atoms with Gasteiger partial charge in [-0.1, -0.05) is 43.0 Å². The fourth-order valence-electron chi connectivity index (χ4n) is 2.85. The first-order chi connectivity index (χ1) is 14.5. The molecule has 1 aromatic heterocycles. The van der Waals surface area contributed by atoms with Gasteiger partial charge in [-0.2, -0.15) is 8.78 Å². The standard InChI is InChI=1S/C21H21F2N3O3S/c1-2-11-26-19(28)16-5-3-4-6-17(16)25-21(26)30-13-18(27)24-12-14-7-9-15(10-8-14)29-20(22)23/h3-10,20H,2,11-13H2,1H3,(H,24,27). The number of rotatable bonds is 9. The summed E-state index contributed by atoms with van der Waals surface area (Å²) in [7, 11) is 0. The van der Waals surface area contributed by atoms with E-state index in [1.54, 1.807) is 34.9 Å². The van der Waals surface area contributed by atoms with Crippen LogP contribution in [0.25, 0.3) is 10.9 Å². The van der Waals surface area contributed by atoms with Gasteiger partial charge in [-0.3, -0.25) is 14.2 Å². The van der Waals surface area contributed by atoms with Gasteiger partial charge in [-0.25, -0.2) is 4.98 Å². The van der Waals surface area contributed by atoms with Crippen LogP contribution in [0.2, 0.25) is 0 Å². The first-order valence-electron chi connectivity index (χ1n) is 9.40. The number of carbonyl (C=O) groups is 1. The number of hydrogen-bond donors (Lipinski definition) is 1. The maximum atomic E-state index is 12.7. The third kappa shape index (κ3) is 5.56. The maximum Gasteiger partial charge on any atom is 0.387 e. The largest absolute Gasteiger partial charge is 0.435 e. The Morgan fingerprint density at radius 1 is 1.20 bits per heavy atom. The van der Waals surface area contributed by atoms with Crippen molar-refractivity contribution in [3.8, 4) is 5.75 Å². The van der Waals surface area contributed by atoms with Gasteiger partial charge in [0.2, 0.25) is 5.91 Å². The summed E-state index contributed by atoms with van der Waals surface area (Å²) < 4.78 is 30.3. The van der Waals surface area contributed by atoms with Crippen LogP contribution in [0.5, 0.6) is 5.75 Å². The fraction of sp³-hybridized carbons (Fsp3) is 0.286. The van der Waals surface area contributed by atoms with Gasteiger partial charge >= 0.3 is 6.61 Å². The molecule has 1 N–H and O–H groups in total. The maximum absolute atomic E-state index is 12.7. The molecule has 30 heavy (non-hydrogen) atoms. The van der Waals surface area contributed by atoms with Crippen molar-refractivity contribution in [2.75, 3.05) is 5.75 Å². The molecule has 0 saturated carbocycles. The summed E-state index contributed by atoms with van der Waals surface area (Å²) in [6.07, 6.45) is 0.769. The highest BCUT2D eigenvalue weighted by Crippen LogP contribution is 2.18. The van der Waals surface area contributed by atoms with Crippen LogP contribution < -0.4 is 15.6 Å². The van der Waals surface area contributed by atoms with E-state index in [1.165, 1.54) is 23.9 Å². The second-order valence-electron chi connectivity index (χ2n) is 6.46. The Labute approximate surface area is 176 Å². The van der Waals surface area contributed by atoms with Crippen molar-refractivity contribution in [3.63, 3.8) is 0 Å². The number of hydrogen-bond acceptors (Lipinski definition) is 5. The number of fused-ring (bicyclic) bond motifs is 1. The number of para-hydroxylation sites is 1. The minimum absolute atomic E-state index is 0.0620. The lowest BCUT2D eigenvalue weighted by Crippen LogP contribution is -2.26. The number of thioether (sulfide) groups is 1.